The van der Waals surface area contributed by atoms with Gasteiger partial charge in [-0.15, -0.1) is 53.1 Å². The van der Waals surface area contributed by atoms with Gasteiger partial charge >= 0.3 is 0 Å². The average Bonchev–Trinajstić information content (AvgIpc) is 3.40. The summed E-state index contributed by atoms with van der Waals surface area (Å²) in [6.07, 6.45) is 3.59. The Kier molecular flexibility index (Phi) is 8.66. The molecule has 44 heavy (non-hydrogen) atoms. The van der Waals surface area contributed by atoms with E-state index in [1.807, 2.05) is 76.4 Å². The van der Waals surface area contributed by atoms with Crippen molar-refractivity contribution in [3.05, 3.63) is 114 Å². The molecule has 3 heterocycles. The molecule has 0 bridgehead atoms. The molecule has 1 radical (unpaired) electrons. The van der Waals surface area contributed by atoms with Crippen molar-refractivity contribution in [2.75, 3.05) is 0 Å². The van der Waals surface area contributed by atoms with E-state index in [1.165, 1.54) is 17.3 Å². The van der Waals surface area contributed by atoms with E-state index in [4.69, 9.17) is 6.85 Å². The van der Waals surface area contributed by atoms with Gasteiger partial charge in [0.2, 0.25) is 0 Å². The van der Waals surface area contributed by atoms with Crippen molar-refractivity contribution < 1.29 is 31.3 Å². The molecule has 6 heteroatoms. The summed E-state index contributed by atoms with van der Waals surface area (Å²) in [6.45, 7) is 12.1. The molecule has 0 aliphatic carbocycles. The normalized spacial score (nSPS) is 14.0. The summed E-state index contributed by atoms with van der Waals surface area (Å²) in [5, 5.41) is 2.73. The van der Waals surface area contributed by atoms with Gasteiger partial charge in [0.1, 0.15) is 0 Å². The largest absolute Gasteiger partial charge is 0.305 e. The summed E-state index contributed by atoms with van der Waals surface area (Å²) in [7, 11) is -1.61. The Morgan fingerprint density at radius 2 is 1.68 bits per heavy atom. The smallest absolute Gasteiger partial charge is 0.0799 e. The summed E-state index contributed by atoms with van der Waals surface area (Å²) >= 11 is 1.55. The van der Waals surface area contributed by atoms with Gasteiger partial charge < -0.3 is 9.97 Å². The van der Waals surface area contributed by atoms with Crippen LogP contribution in [0.5, 0.6) is 0 Å². The predicted molar refractivity (Wildman–Crippen MR) is 186 cm³/mol. The first-order valence-electron chi connectivity index (χ1n) is 16.8. The third-order valence-electron chi connectivity index (χ3n) is 7.34. The molecule has 3 aromatic carbocycles. The average molecular weight is 800 g/mol. The van der Waals surface area contributed by atoms with Crippen LogP contribution in [0, 0.1) is 24.8 Å². The van der Waals surface area contributed by atoms with E-state index in [0.717, 1.165) is 48.4 Å². The summed E-state index contributed by atoms with van der Waals surface area (Å²) in [4.78, 5) is 9.00. The van der Waals surface area contributed by atoms with E-state index < -0.39 is 26.7 Å². The van der Waals surface area contributed by atoms with Gasteiger partial charge in [0.25, 0.3) is 0 Å². The van der Waals surface area contributed by atoms with Gasteiger partial charge in [-0.2, -0.15) is 11.3 Å². The molecule has 0 atom stereocenters. The maximum atomic E-state index is 14.4. The van der Waals surface area contributed by atoms with E-state index in [0.29, 0.717) is 5.39 Å². The molecule has 0 saturated heterocycles. The molecule has 0 fully saturated rings. The standard InChI is InChI=1S/C20H15FNS.C18H24NSi.Ir/c1-12(2)13-9-10-22-17(11-13)14-7-8-16(21)19-15-5-3-4-6-18(15)23-20(14)19;1-13(2)16-11-17(15-9-7-14(3)8-10-15)19-12-18(16)20(4,5)6;/h3-6,8-12H,1-2H3;7-9,11-13H,1-6H3;/q2*-1;/i12D;3D3,13D;. The fourth-order valence-corrected chi connectivity index (χ4v) is 7.80. The number of fused-ring (bicyclic) bond motifs is 3. The third-order valence-corrected chi connectivity index (χ3v) is 10.5. The van der Waals surface area contributed by atoms with Crippen LogP contribution in [-0.2, 0) is 20.1 Å². The van der Waals surface area contributed by atoms with Crippen molar-refractivity contribution in [2.24, 2.45) is 0 Å². The molecule has 0 amide bonds. The topological polar surface area (TPSA) is 25.8 Å². The number of aryl methyl sites for hydroxylation is 1. The first-order chi connectivity index (χ1) is 22.2. The van der Waals surface area contributed by atoms with Crippen LogP contribution in [0.1, 0.15) is 63.0 Å². The summed E-state index contributed by atoms with van der Waals surface area (Å²) in [5.74, 6) is -1.69. The number of hydrogen-bond donors (Lipinski definition) is 0. The Balaban J connectivity index is 0.000000216. The van der Waals surface area contributed by atoms with E-state index >= 15 is 0 Å². The maximum absolute atomic E-state index is 14.4. The van der Waals surface area contributed by atoms with Crippen LogP contribution in [-0.4, -0.2) is 18.0 Å². The van der Waals surface area contributed by atoms with Gasteiger partial charge in [-0.05, 0) is 56.0 Å². The van der Waals surface area contributed by atoms with Crippen molar-refractivity contribution >= 4 is 44.8 Å². The van der Waals surface area contributed by atoms with Crippen LogP contribution in [0.4, 0.5) is 4.39 Å². The summed E-state index contributed by atoms with van der Waals surface area (Å²) in [6, 6.07) is 25.8. The molecule has 2 nitrogen and oxygen atoms in total. The van der Waals surface area contributed by atoms with Crippen LogP contribution < -0.4 is 5.19 Å². The zero-order valence-electron chi connectivity index (χ0n) is 31.0. The third kappa shape index (κ3) is 7.26. The number of thiophene rings is 1. The van der Waals surface area contributed by atoms with Gasteiger partial charge in [-0.3, -0.25) is 4.39 Å². The second kappa shape index (κ2) is 14.0. The van der Waals surface area contributed by atoms with Crippen LogP contribution >= 0.6 is 11.3 Å². The van der Waals surface area contributed by atoms with Gasteiger partial charge in [0.05, 0.1) is 8.07 Å². The molecule has 3 aromatic heterocycles. The SMILES string of the molecule is [2H]C(C)(C)c1ccnc(-c2[c-]cc(F)c3c2sc2ccccc23)c1.[2H]C([2H])([2H])c1c[c-]c(-c2cc(C([2H])(C)C)c([Si](C)(C)C)cn2)cc1.[Ir]. The van der Waals surface area contributed by atoms with Gasteiger partial charge in [-0.1, -0.05) is 95.6 Å². The van der Waals surface area contributed by atoms with Crippen molar-refractivity contribution in [1.82, 2.24) is 9.97 Å². The fourth-order valence-electron chi connectivity index (χ4n) is 5.00. The predicted octanol–water partition coefficient (Wildman–Crippen LogP) is 10.7. The molecule has 0 aliphatic heterocycles. The molecular formula is C38H39FIrN2SSi-2. The Bertz CT molecular complexity index is 2090. The summed E-state index contributed by atoms with van der Waals surface area (Å²) < 4.78 is 55.4. The van der Waals surface area contributed by atoms with Crippen LogP contribution in [0.15, 0.2) is 79.1 Å². The quantitative estimate of drug-likeness (QED) is 0.128. The first-order valence-corrected chi connectivity index (χ1v) is 18.6. The molecule has 229 valence electrons. The molecule has 0 spiro atoms. The molecule has 0 saturated carbocycles. The number of rotatable bonds is 5. The van der Waals surface area contributed by atoms with E-state index in [9.17, 15) is 4.39 Å². The number of aromatic nitrogens is 2. The minimum atomic E-state index is -2.13. The first kappa shape index (κ1) is 27.3. The number of halogens is 1. The Hall–Kier alpha value is -3.02. The number of pyridine rings is 2. The van der Waals surface area contributed by atoms with Crippen molar-refractivity contribution in [1.29, 1.82) is 0 Å². The molecule has 6 rings (SSSR count). The van der Waals surface area contributed by atoms with Crippen molar-refractivity contribution in [3.63, 3.8) is 0 Å². The zero-order chi connectivity index (χ0) is 35.2. The number of hydrogen-bond acceptors (Lipinski definition) is 3. The van der Waals surface area contributed by atoms with Crippen LogP contribution in [0.25, 0.3) is 42.7 Å². The van der Waals surface area contributed by atoms with Crippen molar-refractivity contribution in [3.8, 4) is 22.5 Å². The number of benzene rings is 3. The monoisotopic (exact) mass is 800 g/mol. The Morgan fingerprint density at radius 1 is 0.909 bits per heavy atom. The molecular weight excluding hydrogens is 756 g/mol. The van der Waals surface area contributed by atoms with E-state index in [2.05, 4.69) is 41.7 Å². The summed E-state index contributed by atoms with van der Waals surface area (Å²) in [5.41, 5.74) is 5.12. The van der Waals surface area contributed by atoms with Crippen molar-refractivity contribution in [2.45, 2.75) is 66.0 Å². The van der Waals surface area contributed by atoms with Gasteiger partial charge in [-0.25, -0.2) is 0 Å². The molecule has 0 N–H and O–H groups in total. The zero-order valence-corrected chi connectivity index (χ0v) is 30.2. The van der Waals surface area contributed by atoms with E-state index in [-0.39, 0.29) is 31.5 Å². The Labute approximate surface area is 287 Å². The van der Waals surface area contributed by atoms with Crippen LogP contribution in [0.3, 0.4) is 0 Å². The van der Waals surface area contributed by atoms with Gasteiger partial charge in [0, 0.05) is 49.9 Å². The molecule has 6 aromatic rings. The van der Waals surface area contributed by atoms with Gasteiger partial charge in [0.15, 0.2) is 0 Å². The minimum absolute atomic E-state index is 0. The number of nitrogens with zero attached hydrogens (tertiary/aromatic N) is 2. The minimum Gasteiger partial charge on any atom is -0.305 e. The second-order valence-corrected chi connectivity index (χ2v) is 18.2. The maximum Gasteiger partial charge on any atom is 0.0799 e. The molecule has 0 aliphatic rings. The molecule has 0 unspecified atom stereocenters. The second-order valence-electron chi connectivity index (χ2n) is 12.1. The fraction of sp³-hybridized carbons (Fsp3) is 0.263. The van der Waals surface area contributed by atoms with Crippen LogP contribution in [0.2, 0.25) is 19.6 Å². The Morgan fingerprint density at radius 3 is 2.34 bits per heavy atom. The van der Waals surface area contributed by atoms with E-state index in [1.54, 1.807) is 29.7 Å².